The van der Waals surface area contributed by atoms with Gasteiger partial charge in [-0.3, -0.25) is 3.59 Å². The third-order valence-electron chi connectivity index (χ3n) is 2.32. The van der Waals surface area contributed by atoms with Crippen LogP contribution in [0.25, 0.3) is 10.9 Å². The number of para-hydroxylation sites is 1. The normalized spacial score (nSPS) is 11.4. The highest BCUT2D eigenvalue weighted by Crippen LogP contribution is 2.27. The monoisotopic (exact) mass is 237 g/mol. The Morgan fingerprint density at radius 3 is 2.69 bits per heavy atom. The van der Waals surface area contributed by atoms with Gasteiger partial charge in [-0.2, -0.15) is 0 Å². The Bertz CT molecular complexity index is 429. The number of aromatic nitrogens is 1. The number of hydrogen-bond acceptors (Lipinski definition) is 0. The van der Waals surface area contributed by atoms with Gasteiger partial charge in [0.1, 0.15) is 0 Å². The van der Waals surface area contributed by atoms with Gasteiger partial charge in [-0.05, 0) is 17.5 Å². The van der Waals surface area contributed by atoms with E-state index in [1.807, 2.05) is 9.79 Å². The first-order chi connectivity index (χ1) is 6.20. The van der Waals surface area contributed by atoms with Gasteiger partial charge in [0.15, 0.2) is 0 Å². The summed E-state index contributed by atoms with van der Waals surface area (Å²) in [5, 5.41) is 1.29. The van der Waals surface area contributed by atoms with E-state index in [9.17, 15) is 0 Å². The van der Waals surface area contributed by atoms with Gasteiger partial charge in [0.05, 0.1) is 21.7 Å². The molecule has 0 aliphatic heterocycles. The average molecular weight is 238 g/mol. The van der Waals surface area contributed by atoms with Crippen LogP contribution < -0.4 is 0 Å². The topological polar surface area (TPSA) is 4.93 Å². The van der Waals surface area contributed by atoms with Crippen LogP contribution in [0.4, 0.5) is 0 Å². The zero-order valence-electron chi connectivity index (χ0n) is 7.79. The van der Waals surface area contributed by atoms with Crippen LogP contribution in [0.2, 0.25) is 0 Å². The summed E-state index contributed by atoms with van der Waals surface area (Å²) in [5.41, 5.74) is 2.68. The summed E-state index contributed by atoms with van der Waals surface area (Å²) in [6.07, 6.45) is 2.04. The minimum absolute atomic E-state index is 0.565. The first-order valence-corrected chi connectivity index (χ1v) is 5.17. The zero-order chi connectivity index (χ0) is 9.42. The van der Waals surface area contributed by atoms with Gasteiger partial charge in [0, 0.05) is 11.6 Å². The van der Waals surface area contributed by atoms with E-state index < -0.39 is 0 Å². The molecule has 68 valence electrons. The molecule has 2 rings (SSSR count). The smallest absolute Gasteiger partial charge is 0.0625 e. The number of benzene rings is 1. The molecular weight excluding hydrogens is 226 g/mol. The van der Waals surface area contributed by atoms with Crippen molar-refractivity contribution in [1.29, 1.82) is 0 Å². The molecule has 0 fully saturated rings. The lowest BCUT2D eigenvalue weighted by molar-refractivity contribution is 0.873. The first kappa shape index (κ1) is 8.82. The predicted molar refractivity (Wildman–Crippen MR) is 60.4 cm³/mol. The molecule has 0 N–H and O–H groups in total. The highest BCUT2D eigenvalue weighted by atomic mass is 79.9. The van der Waals surface area contributed by atoms with Gasteiger partial charge in [0.25, 0.3) is 0 Å². The minimum atomic E-state index is 0.565. The van der Waals surface area contributed by atoms with Crippen LogP contribution in [0.15, 0.2) is 30.5 Å². The van der Waals surface area contributed by atoms with Crippen molar-refractivity contribution >= 4 is 27.1 Å². The van der Waals surface area contributed by atoms with E-state index in [0.29, 0.717) is 5.92 Å². The van der Waals surface area contributed by atoms with Crippen LogP contribution in [0.3, 0.4) is 0 Å². The fraction of sp³-hybridized carbons (Fsp3) is 0.273. The maximum absolute atomic E-state index is 3.50. The quantitative estimate of drug-likeness (QED) is 0.709. The van der Waals surface area contributed by atoms with Crippen molar-refractivity contribution in [2.24, 2.45) is 0 Å². The maximum atomic E-state index is 3.50. The number of rotatable bonds is 1. The van der Waals surface area contributed by atoms with Gasteiger partial charge in [-0.25, -0.2) is 0 Å². The SMILES string of the molecule is CC(C)c1cccc2ccn(Br)c12. The first-order valence-electron chi connectivity index (χ1n) is 4.46. The highest BCUT2D eigenvalue weighted by Gasteiger charge is 2.07. The molecule has 0 spiro atoms. The number of hydrogen-bond donors (Lipinski definition) is 0. The second-order valence-corrected chi connectivity index (χ2v) is 4.33. The van der Waals surface area contributed by atoms with Gasteiger partial charge in [-0.15, -0.1) is 0 Å². The van der Waals surface area contributed by atoms with Gasteiger partial charge in [0.2, 0.25) is 0 Å². The van der Waals surface area contributed by atoms with E-state index in [1.165, 1.54) is 16.5 Å². The second kappa shape index (κ2) is 3.18. The highest BCUT2D eigenvalue weighted by molar-refractivity contribution is 9.08. The summed E-state index contributed by atoms with van der Waals surface area (Å²) in [5.74, 6) is 0.565. The molecule has 0 atom stereocenters. The van der Waals surface area contributed by atoms with E-state index in [2.05, 4.69) is 54.3 Å². The lowest BCUT2D eigenvalue weighted by Crippen LogP contribution is -1.90. The second-order valence-electron chi connectivity index (χ2n) is 3.57. The molecular formula is C11H12BrN. The Morgan fingerprint density at radius 1 is 1.23 bits per heavy atom. The zero-order valence-corrected chi connectivity index (χ0v) is 9.38. The predicted octanol–water partition coefficient (Wildman–Crippen LogP) is 3.92. The molecule has 0 unspecified atom stereocenters. The number of halogens is 1. The molecule has 0 amide bonds. The van der Waals surface area contributed by atoms with Crippen molar-refractivity contribution in [3.8, 4) is 0 Å². The molecule has 0 saturated heterocycles. The minimum Gasteiger partial charge on any atom is -0.283 e. The molecule has 1 nitrogen and oxygen atoms in total. The molecule has 0 radical (unpaired) electrons. The van der Waals surface area contributed by atoms with Crippen molar-refractivity contribution in [2.45, 2.75) is 19.8 Å². The summed E-state index contributed by atoms with van der Waals surface area (Å²) in [7, 11) is 0. The largest absolute Gasteiger partial charge is 0.283 e. The van der Waals surface area contributed by atoms with Crippen molar-refractivity contribution in [3.63, 3.8) is 0 Å². The van der Waals surface area contributed by atoms with Crippen molar-refractivity contribution in [2.75, 3.05) is 0 Å². The van der Waals surface area contributed by atoms with Crippen LogP contribution in [-0.4, -0.2) is 3.59 Å². The third kappa shape index (κ3) is 1.39. The Hall–Kier alpha value is -0.760. The average Bonchev–Trinajstić information content (AvgIpc) is 2.48. The number of nitrogens with zero attached hydrogens (tertiary/aromatic N) is 1. The summed E-state index contributed by atoms with van der Waals surface area (Å²) in [6.45, 7) is 4.43. The molecule has 0 aliphatic carbocycles. The summed E-state index contributed by atoms with van der Waals surface area (Å²) >= 11 is 3.50. The molecule has 13 heavy (non-hydrogen) atoms. The van der Waals surface area contributed by atoms with Crippen LogP contribution in [-0.2, 0) is 0 Å². The molecule has 0 saturated carbocycles. The molecule has 2 heteroatoms. The molecule has 2 aromatic rings. The summed E-state index contributed by atoms with van der Waals surface area (Å²) in [4.78, 5) is 0. The van der Waals surface area contributed by atoms with E-state index in [-0.39, 0.29) is 0 Å². The molecule has 0 bridgehead atoms. The Balaban J connectivity index is 2.80. The van der Waals surface area contributed by atoms with Crippen LogP contribution in [0.1, 0.15) is 25.3 Å². The van der Waals surface area contributed by atoms with E-state index in [1.54, 1.807) is 0 Å². The van der Waals surface area contributed by atoms with Crippen LogP contribution in [0.5, 0.6) is 0 Å². The van der Waals surface area contributed by atoms with E-state index >= 15 is 0 Å². The van der Waals surface area contributed by atoms with E-state index in [0.717, 1.165) is 0 Å². The maximum Gasteiger partial charge on any atom is 0.0625 e. The Labute approximate surface area is 86.7 Å². The fourth-order valence-corrected chi connectivity index (χ4v) is 2.18. The van der Waals surface area contributed by atoms with Crippen molar-refractivity contribution in [1.82, 2.24) is 3.59 Å². The molecule has 1 aromatic carbocycles. The lowest BCUT2D eigenvalue weighted by Gasteiger charge is -2.07. The Kier molecular flexibility index (Phi) is 2.16. The van der Waals surface area contributed by atoms with Gasteiger partial charge in [-0.1, -0.05) is 32.0 Å². The number of fused-ring (bicyclic) bond motifs is 1. The third-order valence-corrected chi connectivity index (χ3v) is 2.91. The van der Waals surface area contributed by atoms with E-state index in [4.69, 9.17) is 0 Å². The molecule has 1 aromatic heterocycles. The molecule has 0 aliphatic rings. The van der Waals surface area contributed by atoms with Crippen LogP contribution >= 0.6 is 16.1 Å². The fourth-order valence-electron chi connectivity index (χ4n) is 1.65. The molecule has 1 heterocycles. The summed E-state index contributed by atoms with van der Waals surface area (Å²) in [6, 6.07) is 8.56. The summed E-state index contributed by atoms with van der Waals surface area (Å²) < 4.78 is 2.01. The van der Waals surface area contributed by atoms with Crippen molar-refractivity contribution in [3.05, 3.63) is 36.0 Å². The lowest BCUT2D eigenvalue weighted by atomic mass is 10.0. The van der Waals surface area contributed by atoms with Crippen LogP contribution in [0, 0.1) is 0 Å². The Morgan fingerprint density at radius 2 is 2.00 bits per heavy atom. The standard InChI is InChI=1S/C11H12BrN/c1-8(2)10-5-3-4-9-6-7-13(12)11(9)10/h3-8H,1-2H3. The van der Waals surface area contributed by atoms with Gasteiger partial charge < -0.3 is 0 Å². The van der Waals surface area contributed by atoms with Crippen molar-refractivity contribution < 1.29 is 0 Å². The van der Waals surface area contributed by atoms with Gasteiger partial charge >= 0.3 is 0 Å².